The molecule has 6 nitrogen and oxygen atoms in total. The first-order valence-electron chi connectivity index (χ1n) is 10.2. The first-order valence-corrected chi connectivity index (χ1v) is 10.2. The Labute approximate surface area is 171 Å². The van der Waals surface area contributed by atoms with E-state index in [-0.39, 0.29) is 23.9 Å². The molecule has 152 valence electrons. The number of urea groups is 1. The van der Waals surface area contributed by atoms with Gasteiger partial charge < -0.3 is 20.4 Å². The maximum absolute atomic E-state index is 13.2. The Balaban J connectivity index is 1.50. The lowest BCUT2D eigenvalue weighted by Gasteiger charge is -2.40. The molecule has 1 saturated carbocycles. The molecular weight excluding hydrogens is 364 g/mol. The van der Waals surface area contributed by atoms with Crippen molar-refractivity contribution in [1.82, 2.24) is 9.80 Å². The van der Waals surface area contributed by atoms with Crippen molar-refractivity contribution >= 4 is 23.3 Å². The number of nitrogens with one attached hydrogen (secondary N) is 2. The Morgan fingerprint density at radius 3 is 2.48 bits per heavy atom. The van der Waals surface area contributed by atoms with E-state index < -0.39 is 0 Å². The van der Waals surface area contributed by atoms with E-state index in [0.717, 1.165) is 48.4 Å². The Kier molecular flexibility index (Phi) is 5.53. The molecule has 1 unspecified atom stereocenters. The lowest BCUT2D eigenvalue weighted by atomic mass is 10.0. The fraction of sp³-hybridized carbons (Fsp3) is 0.391. The molecule has 6 heteroatoms. The number of anilines is 2. The first-order chi connectivity index (χ1) is 14.0. The molecule has 2 aromatic rings. The number of amides is 3. The van der Waals surface area contributed by atoms with Gasteiger partial charge in [0, 0.05) is 36.9 Å². The highest BCUT2D eigenvalue weighted by molar-refractivity contribution is 5.96. The van der Waals surface area contributed by atoms with Crippen molar-refractivity contribution in [2.75, 3.05) is 37.3 Å². The Hall–Kier alpha value is -2.86. The third-order valence-electron chi connectivity index (χ3n) is 5.72. The number of nitrogens with zero attached hydrogens (tertiary/aromatic N) is 2. The molecule has 0 radical (unpaired) electrons. The average molecular weight is 393 g/mol. The van der Waals surface area contributed by atoms with Gasteiger partial charge in [-0.25, -0.2) is 4.79 Å². The predicted octanol–water partition coefficient (Wildman–Crippen LogP) is 3.86. The van der Waals surface area contributed by atoms with Gasteiger partial charge in [-0.1, -0.05) is 36.4 Å². The maximum Gasteiger partial charge on any atom is 0.322 e. The van der Waals surface area contributed by atoms with Crippen LogP contribution >= 0.6 is 0 Å². The third kappa shape index (κ3) is 4.59. The Morgan fingerprint density at radius 1 is 1.00 bits per heavy atom. The summed E-state index contributed by atoms with van der Waals surface area (Å²) in [5.74, 6) is 0.209. The van der Waals surface area contributed by atoms with Crippen LogP contribution in [0.5, 0.6) is 0 Å². The van der Waals surface area contributed by atoms with Gasteiger partial charge in [0.2, 0.25) is 5.91 Å². The Morgan fingerprint density at radius 2 is 1.76 bits per heavy atom. The van der Waals surface area contributed by atoms with E-state index in [1.165, 1.54) is 0 Å². The zero-order valence-electron chi connectivity index (χ0n) is 17.0. The normalized spacial score (nSPS) is 19.7. The molecule has 1 atom stereocenters. The molecule has 1 aliphatic heterocycles. The third-order valence-corrected chi connectivity index (χ3v) is 5.72. The summed E-state index contributed by atoms with van der Waals surface area (Å²) in [4.78, 5) is 29.4. The fourth-order valence-corrected chi connectivity index (χ4v) is 3.73. The molecule has 1 saturated heterocycles. The second kappa shape index (κ2) is 8.25. The van der Waals surface area contributed by atoms with Gasteiger partial charge in [-0.05, 0) is 50.1 Å². The van der Waals surface area contributed by atoms with Gasteiger partial charge in [0.1, 0.15) is 0 Å². The summed E-state index contributed by atoms with van der Waals surface area (Å²) in [7, 11) is 2.08. The fourth-order valence-electron chi connectivity index (χ4n) is 3.73. The lowest BCUT2D eigenvalue weighted by Crippen LogP contribution is -2.50. The smallest absolute Gasteiger partial charge is 0.322 e. The lowest BCUT2D eigenvalue weighted by molar-refractivity contribution is -0.117. The molecule has 2 fully saturated rings. The topological polar surface area (TPSA) is 64.7 Å². The minimum Gasteiger partial charge on any atom is -0.326 e. The molecule has 1 heterocycles. The average Bonchev–Trinajstić information content (AvgIpc) is 3.56. The van der Waals surface area contributed by atoms with Crippen LogP contribution in [0.1, 0.15) is 30.0 Å². The van der Waals surface area contributed by atoms with E-state index in [9.17, 15) is 9.59 Å². The quantitative estimate of drug-likeness (QED) is 0.830. The van der Waals surface area contributed by atoms with Crippen molar-refractivity contribution < 1.29 is 9.59 Å². The van der Waals surface area contributed by atoms with Crippen LogP contribution in [0, 0.1) is 12.8 Å². The van der Waals surface area contributed by atoms with Crippen molar-refractivity contribution in [2.24, 2.45) is 5.92 Å². The molecule has 0 spiro atoms. The van der Waals surface area contributed by atoms with Crippen molar-refractivity contribution in [1.29, 1.82) is 0 Å². The highest BCUT2D eigenvalue weighted by Gasteiger charge is 2.31. The minimum atomic E-state index is -0.110. The molecule has 3 amide bonds. The molecular formula is C23H28N4O2. The summed E-state index contributed by atoms with van der Waals surface area (Å²) in [5.41, 5.74) is 3.56. The zero-order chi connectivity index (χ0) is 20.4. The van der Waals surface area contributed by atoms with Gasteiger partial charge in [0.15, 0.2) is 0 Å². The van der Waals surface area contributed by atoms with Crippen LogP contribution in [0.3, 0.4) is 0 Å². The van der Waals surface area contributed by atoms with Gasteiger partial charge in [0.05, 0.1) is 6.04 Å². The largest absolute Gasteiger partial charge is 0.326 e. The van der Waals surface area contributed by atoms with E-state index in [0.29, 0.717) is 6.54 Å². The molecule has 4 rings (SSSR count). The number of hydrogen-bond donors (Lipinski definition) is 2. The summed E-state index contributed by atoms with van der Waals surface area (Å²) >= 11 is 0. The first kappa shape index (κ1) is 19.5. The van der Waals surface area contributed by atoms with Crippen LogP contribution in [-0.4, -0.2) is 48.4 Å². The second-order valence-electron chi connectivity index (χ2n) is 8.11. The molecule has 0 bridgehead atoms. The van der Waals surface area contributed by atoms with Crippen LogP contribution in [-0.2, 0) is 4.79 Å². The van der Waals surface area contributed by atoms with Gasteiger partial charge in [0.25, 0.3) is 0 Å². The molecule has 29 heavy (non-hydrogen) atoms. The van der Waals surface area contributed by atoms with E-state index in [1.54, 1.807) is 0 Å². The number of carbonyl (C=O) groups is 2. The Bertz CT molecular complexity index is 895. The molecule has 0 aromatic heterocycles. The van der Waals surface area contributed by atoms with Gasteiger partial charge in [-0.2, -0.15) is 0 Å². The SMILES string of the molecule is Cc1ccc(NC(=O)C2CC2)cc1NC(=O)N1CCN(C)CC1c1ccccc1. The van der Waals surface area contributed by atoms with Gasteiger partial charge in [-0.3, -0.25) is 4.79 Å². The summed E-state index contributed by atoms with van der Waals surface area (Å²) in [5, 5.41) is 6.02. The summed E-state index contributed by atoms with van der Waals surface area (Å²) in [6.45, 7) is 4.26. The van der Waals surface area contributed by atoms with Crippen molar-refractivity contribution in [2.45, 2.75) is 25.8 Å². The van der Waals surface area contributed by atoms with Crippen molar-refractivity contribution in [3.8, 4) is 0 Å². The molecule has 2 aromatic carbocycles. The van der Waals surface area contributed by atoms with Crippen LogP contribution in [0.4, 0.5) is 16.2 Å². The number of hydrogen-bond acceptors (Lipinski definition) is 3. The summed E-state index contributed by atoms with van der Waals surface area (Å²) in [6.07, 6.45) is 1.93. The number of benzene rings is 2. The number of carbonyl (C=O) groups excluding carboxylic acids is 2. The van der Waals surface area contributed by atoms with Crippen molar-refractivity contribution in [3.63, 3.8) is 0 Å². The maximum atomic E-state index is 13.2. The van der Waals surface area contributed by atoms with Crippen molar-refractivity contribution in [3.05, 3.63) is 59.7 Å². The van der Waals surface area contributed by atoms with Gasteiger partial charge in [-0.15, -0.1) is 0 Å². The van der Waals surface area contributed by atoms with Gasteiger partial charge >= 0.3 is 6.03 Å². The highest BCUT2D eigenvalue weighted by atomic mass is 16.2. The van der Waals surface area contributed by atoms with E-state index in [2.05, 4.69) is 34.7 Å². The van der Waals surface area contributed by atoms with E-state index >= 15 is 0 Å². The van der Waals surface area contributed by atoms with E-state index in [4.69, 9.17) is 0 Å². The van der Waals surface area contributed by atoms with E-state index in [1.807, 2.05) is 48.2 Å². The van der Waals surface area contributed by atoms with Crippen LogP contribution in [0.15, 0.2) is 48.5 Å². The number of piperazine rings is 1. The van der Waals surface area contributed by atoms with Crippen LogP contribution in [0.25, 0.3) is 0 Å². The number of aryl methyl sites for hydroxylation is 1. The molecule has 2 N–H and O–H groups in total. The summed E-state index contributed by atoms with van der Waals surface area (Å²) in [6, 6.07) is 15.7. The summed E-state index contributed by atoms with van der Waals surface area (Å²) < 4.78 is 0. The number of rotatable bonds is 4. The monoisotopic (exact) mass is 392 g/mol. The minimum absolute atomic E-state index is 0.00741. The predicted molar refractivity (Wildman–Crippen MR) is 115 cm³/mol. The molecule has 1 aliphatic carbocycles. The standard InChI is InChI=1S/C23H28N4O2/c1-16-8-11-19(24-22(28)18-9-10-18)14-20(16)25-23(29)27-13-12-26(2)15-21(27)17-6-4-3-5-7-17/h3-8,11,14,18,21H,9-10,12-13,15H2,1-2H3,(H,24,28)(H,25,29). The van der Waals surface area contributed by atoms with Crippen LogP contribution < -0.4 is 10.6 Å². The zero-order valence-corrected chi connectivity index (χ0v) is 17.0. The molecule has 2 aliphatic rings. The second-order valence-corrected chi connectivity index (χ2v) is 8.11. The number of likely N-dealkylation sites (N-methyl/N-ethyl adjacent to an activating group) is 1. The highest BCUT2D eigenvalue weighted by Crippen LogP contribution is 2.31. The van der Waals surface area contributed by atoms with Crippen LogP contribution in [0.2, 0.25) is 0 Å².